The van der Waals surface area contributed by atoms with Crippen molar-refractivity contribution in [1.29, 1.82) is 0 Å². The van der Waals surface area contributed by atoms with Gasteiger partial charge in [0.05, 0.1) is 23.8 Å². The van der Waals surface area contributed by atoms with Crippen LogP contribution in [0.2, 0.25) is 0 Å². The van der Waals surface area contributed by atoms with Gasteiger partial charge in [0.1, 0.15) is 23.7 Å². The number of rotatable bonds is 4. The van der Waals surface area contributed by atoms with Crippen LogP contribution in [-0.2, 0) is 6.54 Å². The highest BCUT2D eigenvalue weighted by atomic mass is 19.1. The first-order valence-electron chi connectivity index (χ1n) is 9.06. The van der Waals surface area contributed by atoms with Crippen molar-refractivity contribution in [1.82, 2.24) is 19.7 Å². The monoisotopic (exact) mass is 385 g/mol. The number of halogens is 1. The molecule has 142 valence electrons. The fourth-order valence-corrected chi connectivity index (χ4v) is 3.38. The molecule has 7 heteroatoms. The molecule has 0 bridgehead atoms. The Bertz CT molecular complexity index is 1350. The third-order valence-corrected chi connectivity index (χ3v) is 4.75. The van der Waals surface area contributed by atoms with Gasteiger partial charge < -0.3 is 10.4 Å². The average molecular weight is 385 g/mol. The lowest BCUT2D eigenvalue weighted by molar-refractivity contribution is 0.476. The summed E-state index contributed by atoms with van der Waals surface area (Å²) in [5, 5.41) is 19.2. The fourth-order valence-electron chi connectivity index (χ4n) is 3.38. The Morgan fingerprint density at radius 2 is 1.93 bits per heavy atom. The van der Waals surface area contributed by atoms with Gasteiger partial charge in [0, 0.05) is 22.5 Å². The minimum Gasteiger partial charge on any atom is -0.508 e. The van der Waals surface area contributed by atoms with Crippen molar-refractivity contribution in [3.63, 3.8) is 0 Å². The largest absolute Gasteiger partial charge is 0.508 e. The van der Waals surface area contributed by atoms with Gasteiger partial charge in [-0.3, -0.25) is 4.68 Å². The van der Waals surface area contributed by atoms with Crippen molar-refractivity contribution >= 4 is 33.3 Å². The zero-order valence-corrected chi connectivity index (χ0v) is 15.2. The minimum absolute atomic E-state index is 0.161. The SMILES string of the molecule is Oc1ccc2c(Nc3ccc4c(cnn4Cc4cccc(F)c4)c3)ncnc2c1. The second-order valence-corrected chi connectivity index (χ2v) is 6.75. The van der Waals surface area contributed by atoms with E-state index in [1.54, 1.807) is 30.5 Å². The molecule has 0 aliphatic heterocycles. The lowest BCUT2D eigenvalue weighted by Crippen LogP contribution is -2.01. The van der Waals surface area contributed by atoms with Crippen LogP contribution >= 0.6 is 0 Å². The summed E-state index contributed by atoms with van der Waals surface area (Å²) in [7, 11) is 0. The standard InChI is InChI=1S/C22H16FN5O/c23-16-3-1-2-14(8-16)12-28-21-7-4-17(9-15(21)11-26-28)27-22-19-6-5-18(29)10-20(19)24-13-25-22/h1-11,13,29H,12H2,(H,24,25,27). The average Bonchev–Trinajstić information content (AvgIpc) is 3.10. The van der Waals surface area contributed by atoms with Crippen LogP contribution in [0.5, 0.6) is 5.75 Å². The van der Waals surface area contributed by atoms with Crippen LogP contribution in [0.3, 0.4) is 0 Å². The quantitative estimate of drug-likeness (QED) is 0.472. The fraction of sp³-hybridized carbons (Fsp3) is 0.0455. The van der Waals surface area contributed by atoms with Gasteiger partial charge in [-0.15, -0.1) is 0 Å². The van der Waals surface area contributed by atoms with E-state index in [9.17, 15) is 9.50 Å². The molecule has 0 fully saturated rings. The maximum atomic E-state index is 13.4. The minimum atomic E-state index is -0.254. The summed E-state index contributed by atoms with van der Waals surface area (Å²) >= 11 is 0. The highest BCUT2D eigenvalue weighted by Gasteiger charge is 2.08. The van der Waals surface area contributed by atoms with E-state index in [1.807, 2.05) is 28.9 Å². The van der Waals surface area contributed by atoms with E-state index in [1.165, 1.54) is 18.5 Å². The van der Waals surface area contributed by atoms with Gasteiger partial charge in [-0.1, -0.05) is 12.1 Å². The number of aromatic nitrogens is 4. The van der Waals surface area contributed by atoms with E-state index in [2.05, 4.69) is 20.4 Å². The highest BCUT2D eigenvalue weighted by Crippen LogP contribution is 2.27. The Hall–Kier alpha value is -4.00. The number of nitrogens with zero attached hydrogens (tertiary/aromatic N) is 4. The molecule has 0 atom stereocenters. The summed E-state index contributed by atoms with van der Waals surface area (Å²) in [6.45, 7) is 0.494. The van der Waals surface area contributed by atoms with Crippen LogP contribution in [0.1, 0.15) is 5.56 Å². The first-order chi connectivity index (χ1) is 14.2. The zero-order chi connectivity index (χ0) is 19.8. The van der Waals surface area contributed by atoms with Crippen LogP contribution in [0.25, 0.3) is 21.8 Å². The van der Waals surface area contributed by atoms with Gasteiger partial charge in [0.15, 0.2) is 0 Å². The normalized spacial score (nSPS) is 11.2. The number of hydrogen-bond donors (Lipinski definition) is 2. The van der Waals surface area contributed by atoms with Gasteiger partial charge in [0.25, 0.3) is 0 Å². The Morgan fingerprint density at radius 1 is 1.00 bits per heavy atom. The van der Waals surface area contributed by atoms with Gasteiger partial charge in [-0.05, 0) is 48.0 Å². The van der Waals surface area contributed by atoms with Crippen LogP contribution in [0, 0.1) is 5.82 Å². The molecule has 0 aliphatic rings. The summed E-state index contributed by atoms with van der Waals surface area (Å²) in [5.41, 5.74) is 3.33. The number of anilines is 2. The van der Waals surface area contributed by atoms with E-state index in [0.29, 0.717) is 17.9 Å². The molecule has 6 nitrogen and oxygen atoms in total. The van der Waals surface area contributed by atoms with Crippen molar-refractivity contribution in [2.75, 3.05) is 5.32 Å². The molecule has 3 aromatic carbocycles. The van der Waals surface area contributed by atoms with Gasteiger partial charge in [-0.2, -0.15) is 5.10 Å². The molecule has 0 unspecified atom stereocenters. The Morgan fingerprint density at radius 3 is 2.83 bits per heavy atom. The smallest absolute Gasteiger partial charge is 0.141 e. The molecule has 0 saturated heterocycles. The van der Waals surface area contributed by atoms with Gasteiger partial charge in [0.2, 0.25) is 0 Å². The first-order valence-corrected chi connectivity index (χ1v) is 9.06. The zero-order valence-electron chi connectivity index (χ0n) is 15.2. The van der Waals surface area contributed by atoms with E-state index in [4.69, 9.17) is 0 Å². The summed E-state index contributed by atoms with van der Waals surface area (Å²) in [4.78, 5) is 8.51. The molecule has 0 spiro atoms. The molecule has 0 aliphatic carbocycles. The van der Waals surface area contributed by atoms with Crippen molar-refractivity contribution in [3.8, 4) is 5.75 Å². The number of benzene rings is 3. The van der Waals surface area contributed by atoms with Crippen LogP contribution < -0.4 is 5.32 Å². The molecular formula is C22H16FN5O. The maximum absolute atomic E-state index is 13.4. The number of phenolic OH excluding ortho intramolecular Hbond substituents is 1. The number of hydrogen-bond acceptors (Lipinski definition) is 5. The molecule has 5 aromatic rings. The van der Waals surface area contributed by atoms with Crippen molar-refractivity contribution in [2.45, 2.75) is 6.54 Å². The van der Waals surface area contributed by atoms with Crippen LogP contribution in [0.15, 0.2) is 73.2 Å². The summed E-state index contributed by atoms with van der Waals surface area (Å²) in [6.07, 6.45) is 3.25. The van der Waals surface area contributed by atoms with Crippen LogP contribution in [-0.4, -0.2) is 24.9 Å². The Labute approximate surface area is 165 Å². The third kappa shape index (κ3) is 3.34. The molecule has 5 rings (SSSR count). The molecule has 29 heavy (non-hydrogen) atoms. The number of aromatic hydroxyl groups is 1. The summed E-state index contributed by atoms with van der Waals surface area (Å²) < 4.78 is 15.3. The molecule has 2 aromatic heterocycles. The Balaban J connectivity index is 1.46. The van der Waals surface area contributed by atoms with E-state index >= 15 is 0 Å². The van der Waals surface area contributed by atoms with Crippen LogP contribution in [0.4, 0.5) is 15.9 Å². The number of fused-ring (bicyclic) bond motifs is 2. The molecule has 0 radical (unpaired) electrons. The van der Waals surface area contributed by atoms with Crippen molar-refractivity contribution in [3.05, 3.63) is 84.6 Å². The highest BCUT2D eigenvalue weighted by molar-refractivity contribution is 5.92. The molecule has 2 N–H and O–H groups in total. The molecule has 2 heterocycles. The Kier molecular flexibility index (Phi) is 4.05. The van der Waals surface area contributed by atoms with E-state index < -0.39 is 0 Å². The first kappa shape index (κ1) is 17.1. The summed E-state index contributed by atoms with van der Waals surface area (Å²) in [5.74, 6) is 0.562. The predicted molar refractivity (Wildman–Crippen MR) is 110 cm³/mol. The third-order valence-electron chi connectivity index (χ3n) is 4.75. The lowest BCUT2D eigenvalue weighted by atomic mass is 10.2. The molecule has 0 saturated carbocycles. The topological polar surface area (TPSA) is 75.9 Å². The second-order valence-electron chi connectivity index (χ2n) is 6.75. The van der Waals surface area contributed by atoms with E-state index in [0.717, 1.165) is 27.5 Å². The number of phenols is 1. The van der Waals surface area contributed by atoms with Crippen molar-refractivity contribution < 1.29 is 9.50 Å². The predicted octanol–water partition coefficient (Wildman–Crippen LogP) is 4.62. The van der Waals surface area contributed by atoms with Gasteiger partial charge >= 0.3 is 0 Å². The molecule has 0 amide bonds. The van der Waals surface area contributed by atoms with Crippen molar-refractivity contribution in [2.24, 2.45) is 0 Å². The lowest BCUT2D eigenvalue weighted by Gasteiger charge is -2.09. The molecular weight excluding hydrogens is 369 g/mol. The van der Waals surface area contributed by atoms with Gasteiger partial charge in [-0.25, -0.2) is 14.4 Å². The summed E-state index contributed by atoms with van der Waals surface area (Å²) in [6, 6.07) is 17.4. The second kappa shape index (κ2) is 6.87. The maximum Gasteiger partial charge on any atom is 0.141 e. The van der Waals surface area contributed by atoms with E-state index in [-0.39, 0.29) is 11.6 Å². The number of nitrogens with one attached hydrogen (secondary N) is 1.